The van der Waals surface area contributed by atoms with E-state index in [2.05, 4.69) is 29.8 Å². The molecule has 0 saturated heterocycles. The van der Waals surface area contributed by atoms with Crippen LogP contribution in [0.25, 0.3) is 0 Å². The van der Waals surface area contributed by atoms with E-state index in [1.165, 1.54) is 0 Å². The van der Waals surface area contributed by atoms with E-state index in [0.717, 1.165) is 47.2 Å². The Balaban J connectivity index is 2.70. The van der Waals surface area contributed by atoms with Crippen LogP contribution >= 0.6 is 11.8 Å². The molecule has 0 saturated carbocycles. The smallest absolute Gasteiger partial charge is 0.102 e. The Morgan fingerprint density at radius 1 is 1.33 bits per heavy atom. The summed E-state index contributed by atoms with van der Waals surface area (Å²) in [6.45, 7) is 11.4. The van der Waals surface area contributed by atoms with Crippen LogP contribution in [-0.4, -0.2) is 35.3 Å². The van der Waals surface area contributed by atoms with Crippen molar-refractivity contribution in [2.24, 2.45) is 0 Å². The molecule has 0 aliphatic carbocycles. The van der Waals surface area contributed by atoms with E-state index in [-0.39, 0.29) is 0 Å². The van der Waals surface area contributed by atoms with Gasteiger partial charge in [-0.25, -0.2) is 0 Å². The van der Waals surface area contributed by atoms with Gasteiger partial charge in [-0.05, 0) is 33.0 Å². The summed E-state index contributed by atoms with van der Waals surface area (Å²) in [5, 5.41) is 9.18. The molecule has 0 unspecified atom stereocenters. The number of rotatable bonds is 6. The fraction of sp³-hybridized carbons (Fsp3) is 0.571. The van der Waals surface area contributed by atoms with Crippen LogP contribution in [0.15, 0.2) is 11.0 Å². The normalized spacial score (nSPS) is 10.7. The standard InChI is InChI=1S/C14H21N3S/c1-5-17(6-2)7-8-18-14-9-11(3)16-12(4)13(14)10-15/h9H,5-8H2,1-4H3. The lowest BCUT2D eigenvalue weighted by atomic mass is 10.2. The van der Waals surface area contributed by atoms with Crippen molar-refractivity contribution in [1.29, 1.82) is 5.26 Å². The quantitative estimate of drug-likeness (QED) is 0.740. The second-order valence-electron chi connectivity index (χ2n) is 4.21. The molecule has 4 heteroatoms. The molecule has 18 heavy (non-hydrogen) atoms. The highest BCUT2D eigenvalue weighted by Gasteiger charge is 2.09. The molecule has 0 bridgehead atoms. The summed E-state index contributed by atoms with van der Waals surface area (Å²) in [7, 11) is 0. The Bertz CT molecular complexity index is 433. The van der Waals surface area contributed by atoms with Gasteiger partial charge >= 0.3 is 0 Å². The fourth-order valence-electron chi connectivity index (χ4n) is 1.87. The van der Waals surface area contributed by atoms with Crippen LogP contribution in [0.5, 0.6) is 0 Å². The lowest BCUT2D eigenvalue weighted by Gasteiger charge is -2.17. The van der Waals surface area contributed by atoms with Gasteiger partial charge in [0.25, 0.3) is 0 Å². The number of hydrogen-bond acceptors (Lipinski definition) is 4. The van der Waals surface area contributed by atoms with Crippen LogP contribution in [0.2, 0.25) is 0 Å². The molecule has 0 amide bonds. The average Bonchev–Trinajstić information content (AvgIpc) is 2.34. The summed E-state index contributed by atoms with van der Waals surface area (Å²) in [6, 6.07) is 4.27. The number of aromatic nitrogens is 1. The fourth-order valence-corrected chi connectivity index (χ4v) is 3.03. The van der Waals surface area contributed by atoms with E-state index >= 15 is 0 Å². The predicted octanol–water partition coefficient (Wildman–Crippen LogP) is 3.00. The molecule has 3 nitrogen and oxygen atoms in total. The van der Waals surface area contributed by atoms with Crippen molar-refractivity contribution < 1.29 is 0 Å². The number of nitriles is 1. The van der Waals surface area contributed by atoms with E-state index in [0.29, 0.717) is 0 Å². The van der Waals surface area contributed by atoms with E-state index in [4.69, 9.17) is 0 Å². The molecule has 1 heterocycles. The third-order valence-corrected chi connectivity index (χ3v) is 3.98. The first-order chi connectivity index (χ1) is 8.62. The second-order valence-corrected chi connectivity index (χ2v) is 5.35. The minimum atomic E-state index is 0.727. The maximum atomic E-state index is 9.18. The van der Waals surface area contributed by atoms with Crippen molar-refractivity contribution in [1.82, 2.24) is 9.88 Å². The maximum Gasteiger partial charge on any atom is 0.102 e. The van der Waals surface area contributed by atoms with E-state index in [1.54, 1.807) is 11.8 Å². The molecule has 0 aromatic carbocycles. The molecule has 0 aliphatic heterocycles. The van der Waals surface area contributed by atoms with E-state index < -0.39 is 0 Å². The summed E-state index contributed by atoms with van der Waals surface area (Å²) in [5.74, 6) is 1.01. The van der Waals surface area contributed by atoms with Gasteiger partial charge in [0, 0.05) is 22.9 Å². The van der Waals surface area contributed by atoms with Crippen molar-refractivity contribution in [2.75, 3.05) is 25.4 Å². The van der Waals surface area contributed by atoms with E-state index in [9.17, 15) is 5.26 Å². The third kappa shape index (κ3) is 4.01. The summed E-state index contributed by atoms with van der Waals surface area (Å²) in [6.07, 6.45) is 0. The largest absolute Gasteiger partial charge is 0.303 e. The zero-order valence-electron chi connectivity index (χ0n) is 11.7. The summed E-state index contributed by atoms with van der Waals surface area (Å²) < 4.78 is 0. The van der Waals surface area contributed by atoms with Crippen LogP contribution in [0.3, 0.4) is 0 Å². The average molecular weight is 263 g/mol. The summed E-state index contributed by atoms with van der Waals surface area (Å²) >= 11 is 1.75. The number of hydrogen-bond donors (Lipinski definition) is 0. The molecule has 1 rings (SSSR count). The topological polar surface area (TPSA) is 39.9 Å². The first-order valence-electron chi connectivity index (χ1n) is 6.35. The van der Waals surface area contributed by atoms with Gasteiger partial charge in [0.1, 0.15) is 6.07 Å². The third-order valence-electron chi connectivity index (χ3n) is 2.96. The first kappa shape index (κ1) is 15.0. The van der Waals surface area contributed by atoms with Crippen LogP contribution in [0.1, 0.15) is 30.8 Å². The van der Waals surface area contributed by atoms with Gasteiger partial charge in [0.2, 0.25) is 0 Å². The number of pyridine rings is 1. The van der Waals surface area contributed by atoms with Gasteiger partial charge in [0.05, 0.1) is 11.3 Å². The van der Waals surface area contributed by atoms with Crippen LogP contribution in [0, 0.1) is 25.2 Å². The molecule has 0 radical (unpaired) electrons. The number of thioether (sulfide) groups is 1. The molecular weight excluding hydrogens is 242 g/mol. The molecular formula is C14H21N3S. The van der Waals surface area contributed by atoms with Gasteiger partial charge in [0.15, 0.2) is 0 Å². The van der Waals surface area contributed by atoms with Crippen molar-refractivity contribution in [3.63, 3.8) is 0 Å². The van der Waals surface area contributed by atoms with E-state index in [1.807, 2.05) is 19.9 Å². The Morgan fingerprint density at radius 3 is 2.56 bits per heavy atom. The number of nitrogens with zero attached hydrogens (tertiary/aromatic N) is 3. The van der Waals surface area contributed by atoms with Crippen molar-refractivity contribution >= 4 is 11.8 Å². The Kier molecular flexibility index (Phi) is 6.17. The van der Waals surface area contributed by atoms with Crippen molar-refractivity contribution in [2.45, 2.75) is 32.6 Å². The summed E-state index contributed by atoms with van der Waals surface area (Å²) in [4.78, 5) is 7.79. The molecule has 0 aliphatic rings. The highest BCUT2D eigenvalue weighted by molar-refractivity contribution is 7.99. The van der Waals surface area contributed by atoms with Gasteiger partial charge in [-0.3, -0.25) is 4.98 Å². The van der Waals surface area contributed by atoms with Gasteiger partial charge in [-0.1, -0.05) is 13.8 Å². The Hall–Kier alpha value is -1.05. The highest BCUT2D eigenvalue weighted by Crippen LogP contribution is 2.24. The molecule has 0 atom stereocenters. The molecule has 1 aromatic rings. The zero-order valence-corrected chi connectivity index (χ0v) is 12.5. The lowest BCUT2D eigenvalue weighted by molar-refractivity contribution is 0.324. The molecule has 0 fully saturated rings. The minimum absolute atomic E-state index is 0.727. The molecule has 98 valence electrons. The molecule has 0 spiro atoms. The second kappa shape index (κ2) is 7.40. The van der Waals surface area contributed by atoms with Crippen molar-refractivity contribution in [3.8, 4) is 6.07 Å². The molecule has 0 N–H and O–H groups in total. The van der Waals surface area contributed by atoms with Gasteiger partial charge in [-0.2, -0.15) is 5.26 Å². The van der Waals surface area contributed by atoms with Crippen LogP contribution < -0.4 is 0 Å². The first-order valence-corrected chi connectivity index (χ1v) is 7.34. The minimum Gasteiger partial charge on any atom is -0.303 e. The zero-order chi connectivity index (χ0) is 13.5. The highest BCUT2D eigenvalue weighted by atomic mass is 32.2. The van der Waals surface area contributed by atoms with Gasteiger partial charge < -0.3 is 4.90 Å². The summed E-state index contributed by atoms with van der Waals surface area (Å²) in [5.41, 5.74) is 2.55. The lowest BCUT2D eigenvalue weighted by Crippen LogP contribution is -2.25. The molecule has 1 aromatic heterocycles. The Labute approximate surface area is 114 Å². The number of aryl methyl sites for hydroxylation is 2. The monoisotopic (exact) mass is 263 g/mol. The predicted molar refractivity (Wildman–Crippen MR) is 76.9 cm³/mol. The van der Waals surface area contributed by atoms with Gasteiger partial charge in [-0.15, -0.1) is 11.8 Å². The van der Waals surface area contributed by atoms with Crippen molar-refractivity contribution in [3.05, 3.63) is 23.0 Å². The Morgan fingerprint density at radius 2 is 2.00 bits per heavy atom. The van der Waals surface area contributed by atoms with Crippen LogP contribution in [0.4, 0.5) is 0 Å². The maximum absolute atomic E-state index is 9.18. The van der Waals surface area contributed by atoms with Crippen LogP contribution in [-0.2, 0) is 0 Å². The SMILES string of the molecule is CCN(CC)CCSc1cc(C)nc(C)c1C#N.